The average molecular weight is 300 g/mol. The number of aromatic amines is 1. The summed E-state index contributed by atoms with van der Waals surface area (Å²) < 4.78 is 4.82. The van der Waals surface area contributed by atoms with E-state index in [0.717, 1.165) is 24.3 Å². The number of carbonyl (C=O) groups excluding carboxylic acids is 1. The van der Waals surface area contributed by atoms with Crippen LogP contribution in [0.15, 0.2) is 30.5 Å². The Morgan fingerprint density at radius 1 is 1.32 bits per heavy atom. The molecule has 1 saturated heterocycles. The smallest absolute Gasteiger partial charge is 0.413 e. The van der Waals surface area contributed by atoms with Crippen LogP contribution >= 0.6 is 0 Å². The van der Waals surface area contributed by atoms with Gasteiger partial charge in [-0.1, -0.05) is 12.1 Å². The van der Waals surface area contributed by atoms with Crippen LogP contribution in [0.1, 0.15) is 19.8 Å². The average Bonchev–Trinajstić information content (AvgIpc) is 3.19. The molecular weight excluding hydrogens is 280 g/mol. The highest BCUT2D eigenvalue weighted by Gasteiger charge is 2.13. The number of aromatic nitrogens is 2. The summed E-state index contributed by atoms with van der Waals surface area (Å²) in [7, 11) is 0. The maximum Gasteiger partial charge on any atom is 0.413 e. The van der Waals surface area contributed by atoms with E-state index in [1.807, 2.05) is 0 Å². The highest BCUT2D eigenvalue weighted by Crippen LogP contribution is 2.25. The Morgan fingerprint density at radius 3 is 2.73 bits per heavy atom. The monoisotopic (exact) mass is 300 g/mol. The summed E-state index contributed by atoms with van der Waals surface area (Å²) in [6.45, 7) is 4.36. The van der Waals surface area contributed by atoms with Crippen molar-refractivity contribution in [3.8, 4) is 11.3 Å². The van der Waals surface area contributed by atoms with Gasteiger partial charge in [0.05, 0.1) is 12.3 Å². The largest absolute Gasteiger partial charge is 0.450 e. The summed E-state index contributed by atoms with van der Waals surface area (Å²) in [4.78, 5) is 21.0. The van der Waals surface area contributed by atoms with Gasteiger partial charge in [0.25, 0.3) is 0 Å². The molecule has 0 saturated carbocycles. The van der Waals surface area contributed by atoms with Crippen LogP contribution in [0, 0.1) is 0 Å². The van der Waals surface area contributed by atoms with E-state index < -0.39 is 6.09 Å². The molecule has 22 heavy (non-hydrogen) atoms. The molecule has 1 fully saturated rings. The topological polar surface area (TPSA) is 70.2 Å². The van der Waals surface area contributed by atoms with E-state index >= 15 is 0 Å². The van der Waals surface area contributed by atoms with Gasteiger partial charge in [0.1, 0.15) is 0 Å². The number of ether oxygens (including phenoxy) is 1. The Bertz CT molecular complexity index is 630. The third-order valence-electron chi connectivity index (χ3n) is 3.71. The Hall–Kier alpha value is -2.50. The molecule has 2 heterocycles. The zero-order valence-electron chi connectivity index (χ0n) is 12.6. The van der Waals surface area contributed by atoms with E-state index in [1.165, 1.54) is 18.5 Å². The fourth-order valence-electron chi connectivity index (χ4n) is 2.62. The number of carbonyl (C=O) groups is 1. The number of hydrogen-bond acceptors (Lipinski definition) is 4. The molecule has 0 atom stereocenters. The van der Waals surface area contributed by atoms with E-state index in [-0.39, 0.29) is 0 Å². The van der Waals surface area contributed by atoms with Crippen molar-refractivity contribution in [3.05, 3.63) is 30.5 Å². The first-order chi connectivity index (χ1) is 10.8. The predicted molar refractivity (Wildman–Crippen MR) is 86.1 cm³/mol. The first kappa shape index (κ1) is 14.4. The molecule has 3 rings (SSSR count). The van der Waals surface area contributed by atoms with Crippen LogP contribution in [0.3, 0.4) is 0 Å². The van der Waals surface area contributed by atoms with Gasteiger partial charge in [-0.25, -0.2) is 9.78 Å². The molecule has 2 aromatic rings. The second kappa shape index (κ2) is 6.51. The van der Waals surface area contributed by atoms with Gasteiger partial charge in [-0.05, 0) is 31.9 Å². The molecule has 116 valence electrons. The molecule has 1 aliphatic rings. The maximum absolute atomic E-state index is 11.4. The standard InChI is InChI=1S/C16H20N4O2/c1-2-22-16(21)19-15-17-11-14(18-15)12-5-7-13(8-6-12)20-9-3-4-10-20/h5-8,11H,2-4,9-10H2,1H3,(H2,17,18,19,21). The minimum Gasteiger partial charge on any atom is -0.450 e. The van der Waals surface area contributed by atoms with Gasteiger partial charge in [0.15, 0.2) is 0 Å². The fraction of sp³-hybridized carbons (Fsp3) is 0.375. The van der Waals surface area contributed by atoms with Crippen molar-refractivity contribution < 1.29 is 9.53 Å². The van der Waals surface area contributed by atoms with Crippen LogP contribution in [0.4, 0.5) is 16.4 Å². The summed E-state index contributed by atoms with van der Waals surface area (Å²) in [5, 5.41) is 2.55. The molecule has 0 unspecified atom stereocenters. The lowest BCUT2D eigenvalue weighted by atomic mass is 10.1. The number of amides is 1. The molecule has 0 aliphatic carbocycles. The zero-order chi connectivity index (χ0) is 15.4. The third kappa shape index (κ3) is 3.21. The molecule has 6 heteroatoms. The highest BCUT2D eigenvalue weighted by molar-refractivity contribution is 5.82. The Labute approximate surface area is 129 Å². The normalized spacial score (nSPS) is 14.1. The maximum atomic E-state index is 11.4. The van der Waals surface area contributed by atoms with Crippen LogP contribution in [0.25, 0.3) is 11.3 Å². The van der Waals surface area contributed by atoms with Crippen molar-refractivity contribution in [3.63, 3.8) is 0 Å². The van der Waals surface area contributed by atoms with Crippen LogP contribution in [-0.4, -0.2) is 35.8 Å². The lowest BCUT2D eigenvalue weighted by Crippen LogP contribution is -2.17. The Balaban J connectivity index is 1.68. The van der Waals surface area contributed by atoms with Gasteiger partial charge in [0.2, 0.25) is 5.95 Å². The van der Waals surface area contributed by atoms with E-state index in [1.54, 1.807) is 13.1 Å². The molecule has 1 aromatic carbocycles. The number of nitrogens with zero attached hydrogens (tertiary/aromatic N) is 2. The minimum absolute atomic E-state index is 0.331. The zero-order valence-corrected chi connectivity index (χ0v) is 12.6. The number of H-pyrrole nitrogens is 1. The molecule has 6 nitrogen and oxygen atoms in total. The lowest BCUT2D eigenvalue weighted by Gasteiger charge is -2.17. The summed E-state index contributed by atoms with van der Waals surface area (Å²) in [5.41, 5.74) is 3.05. The first-order valence-electron chi connectivity index (χ1n) is 7.61. The van der Waals surface area contributed by atoms with Crippen molar-refractivity contribution in [2.45, 2.75) is 19.8 Å². The first-order valence-corrected chi connectivity index (χ1v) is 7.61. The van der Waals surface area contributed by atoms with Crippen LogP contribution in [0.2, 0.25) is 0 Å². The summed E-state index contributed by atoms with van der Waals surface area (Å²) in [6, 6.07) is 8.34. The summed E-state index contributed by atoms with van der Waals surface area (Å²) >= 11 is 0. The second-order valence-electron chi connectivity index (χ2n) is 5.22. The van der Waals surface area contributed by atoms with E-state index in [0.29, 0.717) is 12.6 Å². The summed E-state index contributed by atoms with van der Waals surface area (Å²) in [6.07, 6.45) is 3.80. The molecule has 0 bridgehead atoms. The van der Waals surface area contributed by atoms with E-state index in [9.17, 15) is 4.79 Å². The van der Waals surface area contributed by atoms with Crippen LogP contribution in [0.5, 0.6) is 0 Å². The van der Waals surface area contributed by atoms with Gasteiger partial charge in [0, 0.05) is 30.5 Å². The summed E-state index contributed by atoms with van der Waals surface area (Å²) in [5.74, 6) is 0.386. The second-order valence-corrected chi connectivity index (χ2v) is 5.22. The Morgan fingerprint density at radius 2 is 2.05 bits per heavy atom. The molecule has 2 N–H and O–H groups in total. The Kier molecular flexibility index (Phi) is 4.27. The van der Waals surface area contributed by atoms with Gasteiger partial charge in [-0.3, -0.25) is 5.32 Å². The van der Waals surface area contributed by atoms with Crippen LogP contribution in [-0.2, 0) is 4.74 Å². The van der Waals surface area contributed by atoms with Crippen molar-refractivity contribution in [2.75, 3.05) is 29.9 Å². The highest BCUT2D eigenvalue weighted by atomic mass is 16.5. The molecular formula is C16H20N4O2. The van der Waals surface area contributed by atoms with Gasteiger partial charge in [-0.2, -0.15) is 0 Å². The van der Waals surface area contributed by atoms with Crippen molar-refractivity contribution in [1.29, 1.82) is 0 Å². The van der Waals surface area contributed by atoms with Crippen molar-refractivity contribution in [2.24, 2.45) is 0 Å². The number of hydrogen-bond donors (Lipinski definition) is 2. The van der Waals surface area contributed by atoms with Crippen LogP contribution < -0.4 is 10.2 Å². The number of imidazole rings is 1. The van der Waals surface area contributed by atoms with Gasteiger partial charge < -0.3 is 14.6 Å². The molecule has 0 radical (unpaired) electrons. The number of nitrogens with one attached hydrogen (secondary N) is 2. The molecule has 0 spiro atoms. The fourth-order valence-corrected chi connectivity index (χ4v) is 2.62. The van der Waals surface area contributed by atoms with Gasteiger partial charge in [-0.15, -0.1) is 0 Å². The predicted octanol–water partition coefficient (Wildman–Crippen LogP) is 3.25. The van der Waals surface area contributed by atoms with E-state index in [2.05, 4.69) is 44.5 Å². The lowest BCUT2D eigenvalue weighted by molar-refractivity contribution is 0.167. The quantitative estimate of drug-likeness (QED) is 0.909. The SMILES string of the molecule is CCOC(=O)Nc1nc(-c2ccc(N3CCCC3)cc2)c[nH]1. The molecule has 1 amide bonds. The van der Waals surface area contributed by atoms with Crippen molar-refractivity contribution >= 4 is 17.7 Å². The third-order valence-corrected chi connectivity index (χ3v) is 3.71. The molecule has 1 aromatic heterocycles. The van der Waals surface area contributed by atoms with Gasteiger partial charge >= 0.3 is 6.09 Å². The minimum atomic E-state index is -0.507. The number of rotatable bonds is 4. The number of benzene rings is 1. The van der Waals surface area contributed by atoms with Crippen molar-refractivity contribution in [1.82, 2.24) is 9.97 Å². The van der Waals surface area contributed by atoms with E-state index in [4.69, 9.17) is 4.74 Å². The molecule has 1 aliphatic heterocycles. The number of anilines is 2.